The van der Waals surface area contributed by atoms with Gasteiger partial charge in [-0.05, 0) is 43.3 Å². The fraction of sp³-hybridized carbons (Fsp3) is 0.364. The molecular weight excluding hydrogens is 371 g/mol. The Bertz CT molecular complexity index is 873. The molecule has 3 rings (SSSR count). The molecule has 1 saturated heterocycles. The molecule has 0 bridgehead atoms. The van der Waals surface area contributed by atoms with Gasteiger partial charge in [0.2, 0.25) is 5.91 Å². The minimum Gasteiger partial charge on any atom is -0.506 e. The maximum absolute atomic E-state index is 13.3. The summed E-state index contributed by atoms with van der Waals surface area (Å²) in [6.45, 7) is 4.88. The van der Waals surface area contributed by atoms with Gasteiger partial charge in [0, 0.05) is 38.4 Å². The summed E-state index contributed by atoms with van der Waals surface area (Å²) in [6, 6.07) is 14.7. The molecule has 6 nitrogen and oxygen atoms in total. The molecule has 1 unspecified atom stereocenters. The van der Waals surface area contributed by atoms with Crippen LogP contribution in [0.1, 0.15) is 13.3 Å². The van der Waals surface area contributed by atoms with Gasteiger partial charge in [0.25, 0.3) is 0 Å². The molecule has 0 aromatic heterocycles. The van der Waals surface area contributed by atoms with Gasteiger partial charge in [0.1, 0.15) is 11.6 Å². The van der Waals surface area contributed by atoms with Crippen LogP contribution in [-0.4, -0.2) is 54.7 Å². The van der Waals surface area contributed by atoms with Crippen molar-refractivity contribution in [1.82, 2.24) is 4.90 Å². The van der Waals surface area contributed by atoms with Crippen LogP contribution in [0.15, 0.2) is 48.5 Å². The van der Waals surface area contributed by atoms with Crippen molar-refractivity contribution in [3.05, 3.63) is 54.3 Å². The van der Waals surface area contributed by atoms with E-state index in [-0.39, 0.29) is 36.5 Å². The number of rotatable bonds is 6. The number of phenols is 1. The van der Waals surface area contributed by atoms with Gasteiger partial charge >= 0.3 is 0 Å². The zero-order valence-electron chi connectivity index (χ0n) is 16.5. The average molecular weight is 396 g/mol. The first-order chi connectivity index (χ1) is 14.0. The van der Waals surface area contributed by atoms with Crippen molar-refractivity contribution in [2.24, 2.45) is 0 Å². The SMILES string of the molecule is CC(C(=O)N(CCC#N)c1ccc(F)cc1)N1CCN(c2ccccc2O)CC1. The Hall–Kier alpha value is -3.11. The van der Waals surface area contributed by atoms with Crippen LogP contribution < -0.4 is 9.80 Å². The van der Waals surface area contributed by atoms with E-state index in [1.165, 1.54) is 12.1 Å². The molecule has 152 valence electrons. The Morgan fingerprint density at radius 3 is 2.45 bits per heavy atom. The lowest BCUT2D eigenvalue weighted by molar-refractivity contribution is -0.123. The number of carbonyl (C=O) groups is 1. The highest BCUT2D eigenvalue weighted by atomic mass is 19.1. The number of carbonyl (C=O) groups excluding carboxylic acids is 1. The number of amides is 1. The van der Waals surface area contributed by atoms with Crippen LogP contribution in [-0.2, 0) is 4.79 Å². The van der Waals surface area contributed by atoms with E-state index < -0.39 is 0 Å². The third-order valence-corrected chi connectivity index (χ3v) is 5.29. The topological polar surface area (TPSA) is 70.8 Å². The van der Waals surface area contributed by atoms with Crippen LogP contribution in [0.5, 0.6) is 5.75 Å². The van der Waals surface area contributed by atoms with Crippen molar-refractivity contribution in [3.8, 4) is 11.8 Å². The van der Waals surface area contributed by atoms with Crippen molar-refractivity contribution >= 4 is 17.3 Å². The smallest absolute Gasteiger partial charge is 0.244 e. The van der Waals surface area contributed by atoms with Crippen molar-refractivity contribution in [2.45, 2.75) is 19.4 Å². The Morgan fingerprint density at radius 1 is 1.17 bits per heavy atom. The van der Waals surface area contributed by atoms with Crippen molar-refractivity contribution in [3.63, 3.8) is 0 Å². The van der Waals surface area contributed by atoms with Gasteiger partial charge in [-0.25, -0.2) is 4.39 Å². The molecule has 1 atom stereocenters. The monoisotopic (exact) mass is 396 g/mol. The number of para-hydroxylation sites is 2. The number of piperazine rings is 1. The summed E-state index contributed by atoms with van der Waals surface area (Å²) in [5, 5.41) is 19.0. The van der Waals surface area contributed by atoms with E-state index in [1.54, 1.807) is 29.2 Å². The van der Waals surface area contributed by atoms with Crippen LogP contribution in [0.4, 0.5) is 15.8 Å². The molecule has 0 spiro atoms. The molecule has 1 heterocycles. The molecule has 0 saturated carbocycles. The summed E-state index contributed by atoms with van der Waals surface area (Å²) in [7, 11) is 0. The summed E-state index contributed by atoms with van der Waals surface area (Å²) >= 11 is 0. The highest BCUT2D eigenvalue weighted by Gasteiger charge is 2.30. The Morgan fingerprint density at radius 2 is 1.83 bits per heavy atom. The minimum atomic E-state index is -0.370. The highest BCUT2D eigenvalue weighted by Crippen LogP contribution is 2.27. The van der Waals surface area contributed by atoms with E-state index in [4.69, 9.17) is 5.26 Å². The number of nitrogens with zero attached hydrogens (tertiary/aromatic N) is 4. The van der Waals surface area contributed by atoms with Crippen LogP contribution in [0.3, 0.4) is 0 Å². The predicted octanol–water partition coefficient (Wildman–Crippen LogP) is 2.99. The van der Waals surface area contributed by atoms with Gasteiger partial charge in [-0.2, -0.15) is 5.26 Å². The van der Waals surface area contributed by atoms with Crippen LogP contribution >= 0.6 is 0 Å². The number of anilines is 2. The number of halogens is 1. The van der Waals surface area contributed by atoms with Gasteiger partial charge in [0.15, 0.2) is 0 Å². The first-order valence-electron chi connectivity index (χ1n) is 9.72. The first-order valence-corrected chi connectivity index (χ1v) is 9.72. The summed E-state index contributed by atoms with van der Waals surface area (Å²) in [6.07, 6.45) is 0.205. The standard InChI is InChI=1S/C22H25FN4O2/c1-17(22(29)27(12-4-11-24)19-9-7-18(23)8-10-19)25-13-15-26(16-14-25)20-5-2-3-6-21(20)28/h2-3,5-10,17,28H,4,12-16H2,1H3. The Balaban J connectivity index is 1.67. The van der Waals surface area contributed by atoms with Gasteiger partial charge in [0.05, 0.1) is 24.2 Å². The summed E-state index contributed by atoms with van der Waals surface area (Å²) < 4.78 is 13.3. The summed E-state index contributed by atoms with van der Waals surface area (Å²) in [4.78, 5) is 18.9. The molecule has 1 fully saturated rings. The second kappa shape index (κ2) is 9.39. The number of hydrogen-bond acceptors (Lipinski definition) is 5. The van der Waals surface area contributed by atoms with E-state index in [9.17, 15) is 14.3 Å². The van der Waals surface area contributed by atoms with E-state index in [2.05, 4.69) is 15.9 Å². The maximum Gasteiger partial charge on any atom is 0.244 e. The fourth-order valence-electron chi connectivity index (χ4n) is 3.61. The highest BCUT2D eigenvalue weighted by molar-refractivity contribution is 5.97. The molecule has 2 aromatic carbocycles. The second-order valence-electron chi connectivity index (χ2n) is 7.06. The van der Waals surface area contributed by atoms with Crippen molar-refractivity contribution in [2.75, 3.05) is 42.5 Å². The molecule has 1 aliphatic heterocycles. The molecule has 0 aliphatic carbocycles. The Labute approximate surface area is 170 Å². The average Bonchev–Trinajstić information content (AvgIpc) is 2.75. The molecule has 29 heavy (non-hydrogen) atoms. The normalized spacial score (nSPS) is 15.6. The minimum absolute atomic E-state index is 0.108. The quantitative estimate of drug-likeness (QED) is 0.813. The van der Waals surface area contributed by atoms with E-state index in [1.807, 2.05) is 19.1 Å². The van der Waals surface area contributed by atoms with Gasteiger partial charge in [-0.1, -0.05) is 12.1 Å². The van der Waals surface area contributed by atoms with E-state index >= 15 is 0 Å². The largest absolute Gasteiger partial charge is 0.506 e. The third-order valence-electron chi connectivity index (χ3n) is 5.29. The zero-order chi connectivity index (χ0) is 20.8. The van der Waals surface area contributed by atoms with Crippen LogP contribution in [0.25, 0.3) is 0 Å². The lowest BCUT2D eigenvalue weighted by Gasteiger charge is -2.40. The number of phenolic OH excluding ortho intramolecular Hbond substituents is 1. The third kappa shape index (κ3) is 4.84. The second-order valence-corrected chi connectivity index (χ2v) is 7.06. The summed E-state index contributed by atoms with van der Waals surface area (Å²) in [5.74, 6) is -0.221. The molecule has 1 aliphatic rings. The number of hydrogen-bond donors (Lipinski definition) is 1. The predicted molar refractivity (Wildman–Crippen MR) is 110 cm³/mol. The first kappa shape index (κ1) is 20.6. The lowest BCUT2D eigenvalue weighted by Crippen LogP contribution is -2.55. The molecule has 0 radical (unpaired) electrons. The fourth-order valence-corrected chi connectivity index (χ4v) is 3.61. The molecule has 1 amide bonds. The molecule has 2 aromatic rings. The van der Waals surface area contributed by atoms with E-state index in [0.717, 1.165) is 5.69 Å². The van der Waals surface area contributed by atoms with Gasteiger partial charge < -0.3 is 14.9 Å². The van der Waals surface area contributed by atoms with Crippen molar-refractivity contribution < 1.29 is 14.3 Å². The van der Waals surface area contributed by atoms with Crippen molar-refractivity contribution in [1.29, 1.82) is 5.26 Å². The number of aromatic hydroxyl groups is 1. The molecule has 7 heteroatoms. The summed E-state index contributed by atoms with van der Waals surface area (Å²) in [5.41, 5.74) is 1.39. The van der Waals surface area contributed by atoms with Gasteiger partial charge in [-0.15, -0.1) is 0 Å². The Kier molecular flexibility index (Phi) is 6.68. The van der Waals surface area contributed by atoms with Crippen LogP contribution in [0, 0.1) is 17.1 Å². The molecule has 1 N–H and O–H groups in total. The van der Waals surface area contributed by atoms with Gasteiger partial charge in [-0.3, -0.25) is 9.69 Å². The van der Waals surface area contributed by atoms with Crippen LogP contribution in [0.2, 0.25) is 0 Å². The number of benzene rings is 2. The zero-order valence-corrected chi connectivity index (χ0v) is 16.5. The number of nitriles is 1. The molecular formula is C22H25FN4O2. The maximum atomic E-state index is 13.3. The lowest BCUT2D eigenvalue weighted by atomic mass is 10.1. The van der Waals surface area contributed by atoms with E-state index in [0.29, 0.717) is 31.9 Å².